The van der Waals surface area contributed by atoms with Gasteiger partial charge in [0.2, 0.25) is 0 Å². The summed E-state index contributed by atoms with van der Waals surface area (Å²) in [5, 5.41) is 8.70. The van der Waals surface area contributed by atoms with Crippen LogP contribution in [0.15, 0.2) is 6.20 Å². The molecule has 1 aromatic rings. The summed E-state index contributed by atoms with van der Waals surface area (Å²) in [5.74, 6) is 0.704. The second-order valence-electron chi connectivity index (χ2n) is 4.95. The van der Waals surface area contributed by atoms with Gasteiger partial charge in [0.1, 0.15) is 5.82 Å². The molecule has 0 saturated carbocycles. The molecular formula is C13H19N3O2. The number of nitrogens with zero attached hydrogens (tertiary/aromatic N) is 3. The van der Waals surface area contributed by atoms with E-state index in [2.05, 4.69) is 14.9 Å². The van der Waals surface area contributed by atoms with Crippen LogP contribution in [0.5, 0.6) is 0 Å². The second kappa shape index (κ2) is 5.33. The summed E-state index contributed by atoms with van der Waals surface area (Å²) in [6, 6.07) is 0. The lowest BCUT2D eigenvalue weighted by Crippen LogP contribution is -2.22. The molecule has 1 aromatic heterocycles. The number of aryl methyl sites for hydroxylation is 2. The molecule has 0 spiro atoms. The number of hydrogen-bond donors (Lipinski definition) is 1. The van der Waals surface area contributed by atoms with Gasteiger partial charge in [-0.3, -0.25) is 9.78 Å². The van der Waals surface area contributed by atoms with E-state index in [1.807, 2.05) is 13.8 Å². The van der Waals surface area contributed by atoms with Crippen molar-refractivity contribution in [1.29, 1.82) is 0 Å². The smallest absolute Gasteiger partial charge is 0.303 e. The first kappa shape index (κ1) is 12.8. The van der Waals surface area contributed by atoms with E-state index in [0.29, 0.717) is 5.92 Å². The van der Waals surface area contributed by atoms with Crippen molar-refractivity contribution in [3.05, 3.63) is 17.6 Å². The lowest BCUT2D eigenvalue weighted by molar-refractivity contribution is -0.137. The van der Waals surface area contributed by atoms with E-state index in [0.717, 1.165) is 43.1 Å². The van der Waals surface area contributed by atoms with Crippen molar-refractivity contribution in [3.8, 4) is 0 Å². The molecular weight excluding hydrogens is 230 g/mol. The third-order valence-electron chi connectivity index (χ3n) is 3.40. The van der Waals surface area contributed by atoms with Crippen molar-refractivity contribution in [2.75, 3.05) is 18.0 Å². The van der Waals surface area contributed by atoms with Gasteiger partial charge in [0.15, 0.2) is 0 Å². The Kier molecular flexibility index (Phi) is 3.79. The van der Waals surface area contributed by atoms with Crippen molar-refractivity contribution in [2.45, 2.75) is 33.1 Å². The third kappa shape index (κ3) is 2.97. The van der Waals surface area contributed by atoms with Gasteiger partial charge < -0.3 is 10.0 Å². The van der Waals surface area contributed by atoms with E-state index in [9.17, 15) is 4.79 Å². The Balaban J connectivity index is 1.99. The van der Waals surface area contributed by atoms with Crippen LogP contribution in [0.1, 0.15) is 30.7 Å². The molecule has 1 aliphatic heterocycles. The van der Waals surface area contributed by atoms with E-state index in [4.69, 9.17) is 5.11 Å². The van der Waals surface area contributed by atoms with E-state index < -0.39 is 5.97 Å². The molecule has 0 amide bonds. The minimum atomic E-state index is -0.708. The number of rotatable bonds is 4. The summed E-state index contributed by atoms with van der Waals surface area (Å²) in [7, 11) is 0. The third-order valence-corrected chi connectivity index (χ3v) is 3.40. The average molecular weight is 249 g/mol. The number of aromatic nitrogens is 2. The van der Waals surface area contributed by atoms with Crippen molar-refractivity contribution < 1.29 is 9.90 Å². The highest BCUT2D eigenvalue weighted by Crippen LogP contribution is 2.26. The zero-order valence-electron chi connectivity index (χ0n) is 10.9. The van der Waals surface area contributed by atoms with Crippen molar-refractivity contribution in [1.82, 2.24) is 9.97 Å². The minimum absolute atomic E-state index is 0.261. The molecule has 0 radical (unpaired) electrons. The van der Waals surface area contributed by atoms with Gasteiger partial charge in [-0.2, -0.15) is 0 Å². The Hall–Kier alpha value is -1.65. The fourth-order valence-electron chi connectivity index (χ4n) is 2.41. The Morgan fingerprint density at radius 2 is 2.33 bits per heavy atom. The van der Waals surface area contributed by atoms with Crippen LogP contribution in [-0.4, -0.2) is 34.1 Å². The van der Waals surface area contributed by atoms with Gasteiger partial charge in [-0.1, -0.05) is 0 Å². The zero-order chi connectivity index (χ0) is 13.1. The lowest BCUT2D eigenvalue weighted by atomic mass is 10.0. The molecule has 98 valence electrons. The average Bonchev–Trinajstić information content (AvgIpc) is 2.78. The van der Waals surface area contributed by atoms with Crippen LogP contribution in [0.25, 0.3) is 0 Å². The minimum Gasteiger partial charge on any atom is -0.481 e. The standard InChI is InChI=1S/C13H19N3O2/c1-9-7-14-10(2)13(15-9)16-6-5-11(8-16)3-4-12(17)18/h7,11H,3-6,8H2,1-2H3,(H,17,18). The summed E-state index contributed by atoms with van der Waals surface area (Å²) in [6.45, 7) is 5.75. The highest BCUT2D eigenvalue weighted by atomic mass is 16.4. The van der Waals surface area contributed by atoms with Crippen molar-refractivity contribution in [3.63, 3.8) is 0 Å². The van der Waals surface area contributed by atoms with Crippen LogP contribution in [0, 0.1) is 19.8 Å². The van der Waals surface area contributed by atoms with Crippen molar-refractivity contribution >= 4 is 11.8 Å². The van der Waals surface area contributed by atoms with Gasteiger partial charge in [0.25, 0.3) is 0 Å². The summed E-state index contributed by atoms with van der Waals surface area (Å²) in [5.41, 5.74) is 1.86. The maximum absolute atomic E-state index is 10.6. The normalized spacial score (nSPS) is 19.2. The van der Waals surface area contributed by atoms with Crippen LogP contribution in [-0.2, 0) is 4.79 Å². The SMILES string of the molecule is Cc1cnc(C)c(N2CCC(CCC(=O)O)C2)n1. The number of aliphatic carboxylic acids is 1. The maximum Gasteiger partial charge on any atom is 0.303 e. The molecule has 18 heavy (non-hydrogen) atoms. The van der Waals surface area contributed by atoms with Crippen LogP contribution in [0.2, 0.25) is 0 Å². The first-order valence-corrected chi connectivity index (χ1v) is 6.33. The molecule has 2 rings (SSSR count). The van der Waals surface area contributed by atoms with Crippen LogP contribution >= 0.6 is 0 Å². The molecule has 0 aliphatic carbocycles. The number of carboxylic acids is 1. The number of anilines is 1. The number of hydrogen-bond acceptors (Lipinski definition) is 4. The predicted molar refractivity (Wildman–Crippen MR) is 68.7 cm³/mol. The van der Waals surface area contributed by atoms with Crippen LogP contribution in [0.3, 0.4) is 0 Å². The van der Waals surface area contributed by atoms with Gasteiger partial charge in [0.05, 0.1) is 11.4 Å². The van der Waals surface area contributed by atoms with Crippen molar-refractivity contribution in [2.24, 2.45) is 5.92 Å². The zero-order valence-corrected chi connectivity index (χ0v) is 10.9. The van der Waals surface area contributed by atoms with Crippen LogP contribution in [0.4, 0.5) is 5.82 Å². The highest BCUT2D eigenvalue weighted by Gasteiger charge is 2.25. The topological polar surface area (TPSA) is 66.3 Å². The van der Waals surface area contributed by atoms with Gasteiger partial charge in [-0.25, -0.2) is 4.98 Å². The molecule has 1 fully saturated rings. The predicted octanol–water partition coefficient (Wildman–Crippen LogP) is 1.78. The summed E-state index contributed by atoms with van der Waals surface area (Å²) in [4.78, 5) is 21.7. The van der Waals surface area contributed by atoms with Gasteiger partial charge >= 0.3 is 5.97 Å². The highest BCUT2D eigenvalue weighted by molar-refractivity contribution is 5.66. The maximum atomic E-state index is 10.6. The van der Waals surface area contributed by atoms with E-state index in [-0.39, 0.29) is 6.42 Å². The number of carboxylic acid groups (broad SMARTS) is 1. The molecule has 0 aromatic carbocycles. The molecule has 0 bridgehead atoms. The summed E-state index contributed by atoms with van der Waals surface area (Å²) < 4.78 is 0. The Morgan fingerprint density at radius 1 is 1.56 bits per heavy atom. The lowest BCUT2D eigenvalue weighted by Gasteiger charge is -2.19. The fourth-order valence-corrected chi connectivity index (χ4v) is 2.41. The first-order valence-electron chi connectivity index (χ1n) is 6.33. The van der Waals surface area contributed by atoms with Gasteiger partial charge in [-0.05, 0) is 32.6 Å². The molecule has 1 atom stereocenters. The summed E-state index contributed by atoms with van der Waals surface area (Å²) >= 11 is 0. The largest absolute Gasteiger partial charge is 0.481 e. The van der Waals surface area contributed by atoms with E-state index in [1.165, 1.54) is 0 Å². The summed E-state index contributed by atoms with van der Waals surface area (Å²) in [6.07, 6.45) is 3.83. The Morgan fingerprint density at radius 3 is 3.06 bits per heavy atom. The molecule has 5 heteroatoms. The molecule has 1 aliphatic rings. The quantitative estimate of drug-likeness (QED) is 0.881. The van der Waals surface area contributed by atoms with E-state index >= 15 is 0 Å². The van der Waals surface area contributed by atoms with E-state index in [1.54, 1.807) is 6.20 Å². The Labute approximate surface area is 107 Å². The van der Waals surface area contributed by atoms with Crippen LogP contribution < -0.4 is 4.90 Å². The molecule has 1 N–H and O–H groups in total. The van der Waals surface area contributed by atoms with Gasteiger partial charge in [-0.15, -0.1) is 0 Å². The molecule has 2 heterocycles. The second-order valence-corrected chi connectivity index (χ2v) is 4.95. The molecule has 1 saturated heterocycles. The Bertz CT molecular complexity index is 448. The molecule has 5 nitrogen and oxygen atoms in total. The first-order chi connectivity index (χ1) is 8.56. The molecule has 1 unspecified atom stereocenters. The monoisotopic (exact) mass is 249 g/mol. The fraction of sp³-hybridized carbons (Fsp3) is 0.615. The number of carbonyl (C=O) groups is 1. The van der Waals surface area contributed by atoms with Gasteiger partial charge in [0, 0.05) is 25.7 Å².